The largest absolute Gasteiger partial charge is 0.316 e. The van der Waals surface area contributed by atoms with Gasteiger partial charge in [0.15, 0.2) is 0 Å². The lowest BCUT2D eigenvalue weighted by molar-refractivity contribution is -0.135. The number of ketones is 1. The third kappa shape index (κ3) is 3.86. The number of hydrogen-bond donors (Lipinski definition) is 1. The van der Waals surface area contributed by atoms with Crippen LogP contribution in [-0.2, 0) is 14.6 Å². The maximum Gasteiger partial charge on any atom is 0.150 e. The van der Waals surface area contributed by atoms with E-state index in [1.54, 1.807) is 0 Å². The van der Waals surface area contributed by atoms with Crippen LogP contribution in [0.5, 0.6) is 0 Å². The van der Waals surface area contributed by atoms with Gasteiger partial charge in [0.25, 0.3) is 0 Å². The van der Waals surface area contributed by atoms with Gasteiger partial charge in [0, 0.05) is 17.6 Å². The number of carbonyl (C=O) groups excluding carboxylic acids is 1. The Kier molecular flexibility index (Phi) is 5.14. The van der Waals surface area contributed by atoms with Crippen molar-refractivity contribution in [2.45, 2.75) is 57.6 Å². The molecule has 0 aromatic carbocycles. The molecule has 3 unspecified atom stereocenters. The minimum Gasteiger partial charge on any atom is -0.316 e. The molecule has 2 rings (SSSR count). The number of sulfone groups is 1. The van der Waals surface area contributed by atoms with Crippen molar-refractivity contribution < 1.29 is 13.2 Å². The Morgan fingerprint density at radius 1 is 1.14 bits per heavy atom. The van der Waals surface area contributed by atoms with Crippen molar-refractivity contribution in [3.05, 3.63) is 0 Å². The van der Waals surface area contributed by atoms with E-state index in [4.69, 9.17) is 0 Å². The Morgan fingerprint density at radius 3 is 2.43 bits per heavy atom. The van der Waals surface area contributed by atoms with E-state index in [-0.39, 0.29) is 22.4 Å². The van der Waals surface area contributed by atoms with Crippen LogP contribution in [-0.4, -0.2) is 38.8 Å². The molecule has 1 aliphatic heterocycles. The summed E-state index contributed by atoms with van der Waals surface area (Å²) in [6.07, 6.45) is 6.48. The van der Waals surface area contributed by atoms with Gasteiger partial charge in [0.1, 0.15) is 15.6 Å². The number of carbonyl (C=O) groups is 1. The SMILES string of the molecule is CC(C)(C(=O)C1CCCC(S(C)(=O)=O)C1)C1CCCNC1. The molecule has 5 heteroatoms. The van der Waals surface area contributed by atoms with E-state index in [9.17, 15) is 13.2 Å². The van der Waals surface area contributed by atoms with Gasteiger partial charge >= 0.3 is 0 Å². The maximum absolute atomic E-state index is 13.0. The highest BCUT2D eigenvalue weighted by Crippen LogP contribution is 2.39. The van der Waals surface area contributed by atoms with Crippen LogP contribution in [0.2, 0.25) is 0 Å². The fourth-order valence-corrected chi connectivity index (χ4v) is 5.14. The van der Waals surface area contributed by atoms with Crippen LogP contribution in [0.3, 0.4) is 0 Å². The molecule has 0 aromatic rings. The van der Waals surface area contributed by atoms with E-state index in [1.807, 2.05) is 0 Å². The van der Waals surface area contributed by atoms with Crippen LogP contribution in [0.25, 0.3) is 0 Å². The van der Waals surface area contributed by atoms with Gasteiger partial charge in [-0.15, -0.1) is 0 Å². The van der Waals surface area contributed by atoms with Gasteiger partial charge in [0.05, 0.1) is 5.25 Å². The Hall–Kier alpha value is -0.420. The average Bonchev–Trinajstić information content (AvgIpc) is 2.46. The first kappa shape index (κ1) is 16.9. The summed E-state index contributed by atoms with van der Waals surface area (Å²) in [4.78, 5) is 13.0. The number of nitrogens with one attached hydrogen (secondary N) is 1. The maximum atomic E-state index is 13.0. The molecule has 1 aliphatic carbocycles. The molecular formula is C16H29NO3S. The van der Waals surface area contributed by atoms with Crippen molar-refractivity contribution >= 4 is 15.6 Å². The van der Waals surface area contributed by atoms with Gasteiger partial charge in [-0.1, -0.05) is 20.3 Å². The van der Waals surface area contributed by atoms with Crippen molar-refractivity contribution in [2.75, 3.05) is 19.3 Å². The zero-order valence-corrected chi connectivity index (χ0v) is 14.3. The molecule has 1 N–H and O–H groups in total. The number of piperidine rings is 1. The van der Waals surface area contributed by atoms with Gasteiger partial charge in [-0.25, -0.2) is 8.42 Å². The number of hydrogen-bond acceptors (Lipinski definition) is 4. The molecule has 3 atom stereocenters. The normalized spacial score (nSPS) is 31.9. The quantitative estimate of drug-likeness (QED) is 0.864. The summed E-state index contributed by atoms with van der Waals surface area (Å²) in [6, 6.07) is 0. The third-order valence-electron chi connectivity index (χ3n) is 5.55. The van der Waals surface area contributed by atoms with E-state index in [1.165, 1.54) is 6.26 Å². The topological polar surface area (TPSA) is 63.2 Å². The van der Waals surface area contributed by atoms with Crippen molar-refractivity contribution in [3.63, 3.8) is 0 Å². The first-order valence-corrected chi connectivity index (χ1v) is 10.1. The molecule has 0 aromatic heterocycles. The van der Waals surface area contributed by atoms with Crippen LogP contribution in [0, 0.1) is 17.3 Å². The highest BCUT2D eigenvalue weighted by Gasteiger charge is 2.42. The molecule has 0 bridgehead atoms. The number of rotatable bonds is 4. The van der Waals surface area contributed by atoms with E-state index >= 15 is 0 Å². The molecule has 1 heterocycles. The van der Waals surface area contributed by atoms with Crippen LogP contribution < -0.4 is 5.32 Å². The summed E-state index contributed by atoms with van der Waals surface area (Å²) in [7, 11) is -3.03. The summed E-state index contributed by atoms with van der Waals surface area (Å²) < 4.78 is 23.6. The van der Waals surface area contributed by atoms with Crippen LogP contribution in [0.15, 0.2) is 0 Å². The van der Waals surface area contributed by atoms with E-state index in [2.05, 4.69) is 19.2 Å². The van der Waals surface area contributed by atoms with E-state index in [0.717, 1.165) is 38.8 Å². The minimum atomic E-state index is -3.03. The van der Waals surface area contributed by atoms with Crippen molar-refractivity contribution in [3.8, 4) is 0 Å². The Labute approximate surface area is 129 Å². The zero-order chi connectivity index (χ0) is 15.7. The second-order valence-electron chi connectivity index (χ2n) is 7.44. The van der Waals surface area contributed by atoms with Crippen molar-refractivity contribution in [1.29, 1.82) is 0 Å². The van der Waals surface area contributed by atoms with E-state index in [0.29, 0.717) is 18.8 Å². The molecule has 21 heavy (non-hydrogen) atoms. The Balaban J connectivity index is 2.07. The first-order chi connectivity index (χ1) is 9.73. The van der Waals surface area contributed by atoms with Crippen molar-refractivity contribution in [2.24, 2.45) is 17.3 Å². The molecular weight excluding hydrogens is 286 g/mol. The fourth-order valence-electron chi connectivity index (χ4n) is 3.97. The predicted molar refractivity (Wildman–Crippen MR) is 85.0 cm³/mol. The lowest BCUT2D eigenvalue weighted by atomic mass is 9.67. The van der Waals surface area contributed by atoms with Gasteiger partial charge in [0.2, 0.25) is 0 Å². The standard InChI is InChI=1S/C16H29NO3S/c1-16(2,13-7-5-9-17-11-13)15(18)12-6-4-8-14(10-12)21(3,19)20/h12-14,17H,4-11H2,1-3H3. The molecule has 4 nitrogen and oxygen atoms in total. The van der Waals surface area contributed by atoms with Crippen LogP contribution >= 0.6 is 0 Å². The Bertz CT molecular complexity index is 478. The molecule has 2 fully saturated rings. The third-order valence-corrected chi connectivity index (χ3v) is 7.19. The second kappa shape index (κ2) is 6.37. The van der Waals surface area contributed by atoms with Gasteiger partial charge in [-0.05, 0) is 51.1 Å². The molecule has 0 amide bonds. The number of Topliss-reactive ketones (excluding diaryl/α,β-unsaturated/α-hetero) is 1. The van der Waals surface area contributed by atoms with Gasteiger partial charge < -0.3 is 5.32 Å². The average molecular weight is 315 g/mol. The second-order valence-corrected chi connectivity index (χ2v) is 9.77. The summed E-state index contributed by atoms with van der Waals surface area (Å²) in [6.45, 7) is 6.05. The van der Waals surface area contributed by atoms with E-state index < -0.39 is 9.84 Å². The lowest BCUT2D eigenvalue weighted by Crippen LogP contribution is -2.46. The Morgan fingerprint density at radius 2 is 1.86 bits per heavy atom. The monoisotopic (exact) mass is 315 g/mol. The molecule has 0 radical (unpaired) electrons. The van der Waals surface area contributed by atoms with Crippen molar-refractivity contribution in [1.82, 2.24) is 5.32 Å². The lowest BCUT2D eigenvalue weighted by Gasteiger charge is -2.40. The van der Waals surface area contributed by atoms with Crippen LogP contribution in [0.1, 0.15) is 52.4 Å². The highest BCUT2D eigenvalue weighted by molar-refractivity contribution is 7.91. The summed E-state index contributed by atoms with van der Waals surface area (Å²) in [5, 5.41) is 3.06. The predicted octanol–water partition coefficient (Wildman–Crippen LogP) is 2.18. The zero-order valence-electron chi connectivity index (χ0n) is 13.5. The summed E-state index contributed by atoms with van der Waals surface area (Å²) in [5.74, 6) is 0.581. The van der Waals surface area contributed by atoms with Crippen LogP contribution in [0.4, 0.5) is 0 Å². The molecule has 2 aliphatic rings. The smallest absolute Gasteiger partial charge is 0.150 e. The highest BCUT2D eigenvalue weighted by atomic mass is 32.2. The molecule has 122 valence electrons. The van der Waals surface area contributed by atoms with Gasteiger partial charge in [-0.3, -0.25) is 4.79 Å². The summed E-state index contributed by atoms with van der Waals surface area (Å²) >= 11 is 0. The minimum absolute atomic E-state index is 0.0737. The molecule has 0 spiro atoms. The molecule has 1 saturated carbocycles. The summed E-state index contributed by atoms with van der Waals surface area (Å²) in [5.41, 5.74) is -0.350. The van der Waals surface area contributed by atoms with Gasteiger partial charge in [-0.2, -0.15) is 0 Å². The first-order valence-electron chi connectivity index (χ1n) is 8.17. The molecule has 1 saturated heterocycles. The fraction of sp³-hybridized carbons (Fsp3) is 0.938.